The Bertz CT molecular complexity index is 1150. The lowest BCUT2D eigenvalue weighted by molar-refractivity contribution is -0.101. The highest BCUT2D eigenvalue weighted by Crippen LogP contribution is 2.42. The minimum absolute atomic E-state index is 0.150. The third-order valence-corrected chi connectivity index (χ3v) is 7.50. The fraction of sp³-hybridized carbons (Fsp3) is 0.433. The molecule has 5 rings (SSSR count). The lowest BCUT2D eigenvalue weighted by atomic mass is 9.80. The summed E-state index contributed by atoms with van der Waals surface area (Å²) in [5.41, 5.74) is 2.26. The van der Waals surface area contributed by atoms with Gasteiger partial charge in [-0.3, -0.25) is 0 Å². The largest absolute Gasteiger partial charge is 0.438 e. The molecular formula is C30H36N2O4. The van der Waals surface area contributed by atoms with E-state index in [1.54, 1.807) is 18.7 Å². The average Bonchev–Trinajstić information content (AvgIpc) is 3.69. The Labute approximate surface area is 213 Å². The van der Waals surface area contributed by atoms with Crippen molar-refractivity contribution in [3.63, 3.8) is 0 Å². The molecule has 6 nitrogen and oxygen atoms in total. The molecule has 0 spiro atoms. The number of hydrogen-bond donors (Lipinski definition) is 2. The summed E-state index contributed by atoms with van der Waals surface area (Å²) in [6.07, 6.45) is 8.12. The van der Waals surface area contributed by atoms with Crippen molar-refractivity contribution in [3.05, 3.63) is 89.6 Å². The van der Waals surface area contributed by atoms with Crippen LogP contribution in [0.4, 0.5) is 4.79 Å². The second kappa shape index (κ2) is 9.41. The van der Waals surface area contributed by atoms with Gasteiger partial charge in [0.05, 0.1) is 11.6 Å². The van der Waals surface area contributed by atoms with Crippen LogP contribution in [0, 0.1) is 0 Å². The summed E-state index contributed by atoms with van der Waals surface area (Å²) >= 11 is 0. The number of ether oxygens (including phenoxy) is 1. The van der Waals surface area contributed by atoms with Crippen molar-refractivity contribution in [1.29, 1.82) is 0 Å². The Balaban J connectivity index is 1.31. The first kappa shape index (κ1) is 24.6. The van der Waals surface area contributed by atoms with Crippen LogP contribution in [-0.4, -0.2) is 50.5 Å². The van der Waals surface area contributed by atoms with Gasteiger partial charge in [0.1, 0.15) is 11.8 Å². The Morgan fingerprint density at radius 1 is 1.11 bits per heavy atom. The van der Waals surface area contributed by atoms with Crippen LogP contribution in [0.3, 0.4) is 0 Å². The molecule has 2 heterocycles. The van der Waals surface area contributed by atoms with Crippen LogP contribution >= 0.6 is 0 Å². The summed E-state index contributed by atoms with van der Waals surface area (Å²) < 4.78 is 6.14. The van der Waals surface area contributed by atoms with Gasteiger partial charge in [0.15, 0.2) is 0 Å². The molecule has 1 aliphatic carbocycles. The number of hydrogen-bond acceptors (Lipinski definition) is 5. The first-order chi connectivity index (χ1) is 17.2. The number of rotatable bonds is 7. The predicted octanol–water partition coefficient (Wildman–Crippen LogP) is 5.34. The normalized spacial score (nSPS) is 25.4. The molecular weight excluding hydrogens is 452 g/mol. The van der Waals surface area contributed by atoms with Crippen molar-refractivity contribution in [2.45, 2.75) is 76.0 Å². The number of nitrogens with zero attached hydrogens (tertiary/aromatic N) is 2. The van der Waals surface area contributed by atoms with E-state index in [0.717, 1.165) is 35.1 Å². The van der Waals surface area contributed by atoms with Gasteiger partial charge in [-0.05, 0) is 62.0 Å². The van der Waals surface area contributed by atoms with Crippen LogP contribution in [0.5, 0.6) is 0 Å². The predicted molar refractivity (Wildman–Crippen MR) is 140 cm³/mol. The van der Waals surface area contributed by atoms with Crippen molar-refractivity contribution in [2.24, 2.45) is 0 Å². The van der Waals surface area contributed by atoms with Crippen molar-refractivity contribution in [2.75, 3.05) is 6.54 Å². The van der Waals surface area contributed by atoms with Crippen LogP contribution in [0.2, 0.25) is 0 Å². The summed E-state index contributed by atoms with van der Waals surface area (Å²) in [5, 5.41) is 20.8. The van der Waals surface area contributed by atoms with Crippen molar-refractivity contribution >= 4 is 11.7 Å². The number of amides is 1. The number of aliphatic hydroxyl groups excluding tert-OH is 1. The van der Waals surface area contributed by atoms with Crippen LogP contribution in [0.15, 0.2) is 72.9 Å². The molecule has 0 radical (unpaired) electrons. The third kappa shape index (κ3) is 5.06. The molecule has 6 heteroatoms. The number of benzene rings is 2. The van der Waals surface area contributed by atoms with E-state index in [9.17, 15) is 15.0 Å². The number of carbonyl (C=O) groups is 1. The Kier molecular flexibility index (Phi) is 6.43. The highest BCUT2D eigenvalue weighted by molar-refractivity contribution is 5.75. The van der Waals surface area contributed by atoms with Gasteiger partial charge in [-0.15, -0.1) is 0 Å². The summed E-state index contributed by atoms with van der Waals surface area (Å²) in [6, 6.07) is 18.3. The molecule has 3 atom stereocenters. The maximum absolute atomic E-state index is 13.3. The molecule has 190 valence electrons. The molecule has 2 aliphatic heterocycles. The van der Waals surface area contributed by atoms with Gasteiger partial charge in [-0.25, -0.2) is 4.79 Å². The van der Waals surface area contributed by atoms with Gasteiger partial charge < -0.3 is 24.7 Å². The number of aliphatic hydroxyl groups is 2. The smallest absolute Gasteiger partial charge is 0.411 e. The number of carbonyl (C=O) groups excluding carboxylic acids is 1. The van der Waals surface area contributed by atoms with Crippen LogP contribution in [0.1, 0.15) is 69.2 Å². The Morgan fingerprint density at radius 2 is 1.81 bits per heavy atom. The van der Waals surface area contributed by atoms with E-state index in [2.05, 4.69) is 30.5 Å². The molecule has 36 heavy (non-hydrogen) atoms. The molecule has 1 saturated heterocycles. The van der Waals surface area contributed by atoms with Crippen molar-refractivity contribution in [1.82, 2.24) is 9.80 Å². The zero-order valence-corrected chi connectivity index (χ0v) is 21.3. The molecule has 2 fully saturated rings. The summed E-state index contributed by atoms with van der Waals surface area (Å²) in [4.78, 5) is 17.1. The minimum Gasteiger partial charge on any atom is -0.438 e. The monoisotopic (exact) mass is 488 g/mol. The SMILES string of the molecule is CC(c1ccc(C2=CN(C3CC3)C(O)C=C2)cc1)N1CCC(CC(C)(C)O)(c2ccccc2)OC1=O. The van der Waals surface area contributed by atoms with E-state index in [4.69, 9.17) is 4.74 Å². The number of cyclic esters (lactones) is 1. The van der Waals surface area contributed by atoms with E-state index < -0.39 is 17.4 Å². The van der Waals surface area contributed by atoms with Gasteiger partial charge in [-0.1, -0.05) is 60.7 Å². The molecule has 2 aromatic carbocycles. The topological polar surface area (TPSA) is 73.2 Å². The molecule has 0 bridgehead atoms. The standard InChI is InChI=1S/C30H36N2O4/c1-21(22-9-11-23(12-10-22)24-13-16-27(33)32(19-24)26-14-15-26)31-18-17-30(36-28(31)34,20-29(2,3)35)25-7-5-4-6-8-25/h4-13,16,19,21,26-27,33,35H,14-15,17-18,20H2,1-3H3. The van der Waals surface area contributed by atoms with Crippen LogP contribution < -0.4 is 0 Å². The summed E-state index contributed by atoms with van der Waals surface area (Å²) in [5.74, 6) is 0. The fourth-order valence-corrected chi connectivity index (χ4v) is 5.46. The maximum Gasteiger partial charge on any atom is 0.411 e. The van der Waals surface area contributed by atoms with Gasteiger partial charge >= 0.3 is 6.09 Å². The van der Waals surface area contributed by atoms with E-state index >= 15 is 0 Å². The Morgan fingerprint density at radius 3 is 2.42 bits per heavy atom. The summed E-state index contributed by atoms with van der Waals surface area (Å²) in [6.45, 7) is 6.06. The number of allylic oxidation sites excluding steroid dienone is 2. The average molecular weight is 489 g/mol. The van der Waals surface area contributed by atoms with Gasteiger partial charge in [0, 0.05) is 31.6 Å². The first-order valence-electron chi connectivity index (χ1n) is 12.9. The van der Waals surface area contributed by atoms with Crippen LogP contribution in [-0.2, 0) is 10.3 Å². The molecule has 1 amide bonds. The minimum atomic E-state index is -0.979. The zero-order chi connectivity index (χ0) is 25.5. The second-order valence-corrected chi connectivity index (χ2v) is 11.0. The molecule has 3 aliphatic rings. The van der Waals surface area contributed by atoms with Crippen LogP contribution in [0.25, 0.3) is 5.57 Å². The lowest BCUT2D eigenvalue weighted by Crippen LogP contribution is -2.51. The fourth-order valence-electron chi connectivity index (χ4n) is 5.46. The lowest BCUT2D eigenvalue weighted by Gasteiger charge is -2.45. The van der Waals surface area contributed by atoms with Crippen molar-refractivity contribution < 1.29 is 19.7 Å². The molecule has 1 saturated carbocycles. The van der Waals surface area contributed by atoms with E-state index in [0.29, 0.717) is 25.4 Å². The van der Waals surface area contributed by atoms with Gasteiger partial charge in [0.2, 0.25) is 0 Å². The summed E-state index contributed by atoms with van der Waals surface area (Å²) in [7, 11) is 0. The van der Waals surface area contributed by atoms with E-state index in [-0.39, 0.29) is 12.1 Å². The second-order valence-electron chi connectivity index (χ2n) is 11.0. The molecule has 2 aromatic rings. The van der Waals surface area contributed by atoms with E-state index in [1.165, 1.54) is 0 Å². The Hall–Kier alpha value is -3.09. The van der Waals surface area contributed by atoms with E-state index in [1.807, 2.05) is 54.3 Å². The maximum atomic E-state index is 13.3. The van der Waals surface area contributed by atoms with Gasteiger partial charge in [0.25, 0.3) is 0 Å². The molecule has 2 N–H and O–H groups in total. The highest BCUT2D eigenvalue weighted by atomic mass is 16.6. The zero-order valence-electron chi connectivity index (χ0n) is 21.3. The third-order valence-electron chi connectivity index (χ3n) is 7.50. The van der Waals surface area contributed by atoms with Gasteiger partial charge in [-0.2, -0.15) is 0 Å². The quantitative estimate of drug-likeness (QED) is 0.550. The molecule has 3 unspecified atom stereocenters. The first-order valence-corrected chi connectivity index (χ1v) is 12.9. The molecule has 0 aromatic heterocycles. The highest BCUT2D eigenvalue weighted by Gasteiger charge is 2.46. The van der Waals surface area contributed by atoms with Crippen molar-refractivity contribution in [3.8, 4) is 0 Å².